The number of carbonyl (C=O) groups excluding carboxylic acids is 1. The van der Waals surface area contributed by atoms with Gasteiger partial charge in [-0.3, -0.25) is 4.79 Å². The van der Waals surface area contributed by atoms with E-state index in [2.05, 4.69) is 0 Å². The SMILES string of the molecule is CC1CCN(C(=O)CCc2ccc(F)c(F)c2)C1CO. The summed E-state index contributed by atoms with van der Waals surface area (Å²) in [6.45, 7) is 2.64. The van der Waals surface area contributed by atoms with Gasteiger partial charge in [-0.1, -0.05) is 13.0 Å². The second kappa shape index (κ2) is 6.31. The lowest BCUT2D eigenvalue weighted by atomic mass is 10.0. The van der Waals surface area contributed by atoms with Crippen molar-refractivity contribution in [1.29, 1.82) is 0 Å². The predicted octanol–water partition coefficient (Wildman–Crippen LogP) is 2.13. The highest BCUT2D eigenvalue weighted by atomic mass is 19.2. The van der Waals surface area contributed by atoms with Crippen LogP contribution in [0.15, 0.2) is 18.2 Å². The van der Waals surface area contributed by atoms with E-state index in [9.17, 15) is 18.7 Å². The molecule has 0 radical (unpaired) electrons. The van der Waals surface area contributed by atoms with Gasteiger partial charge in [0.2, 0.25) is 5.91 Å². The maximum atomic E-state index is 13.1. The highest BCUT2D eigenvalue weighted by Crippen LogP contribution is 2.24. The molecule has 1 aromatic carbocycles. The Morgan fingerprint density at radius 2 is 2.15 bits per heavy atom. The van der Waals surface area contributed by atoms with E-state index in [0.717, 1.165) is 18.6 Å². The molecular weight excluding hydrogens is 264 g/mol. The van der Waals surface area contributed by atoms with Crippen molar-refractivity contribution in [3.8, 4) is 0 Å². The molecule has 2 unspecified atom stereocenters. The fourth-order valence-electron chi connectivity index (χ4n) is 2.69. The van der Waals surface area contributed by atoms with Gasteiger partial charge < -0.3 is 10.0 Å². The van der Waals surface area contributed by atoms with Crippen molar-refractivity contribution in [3.63, 3.8) is 0 Å². The first-order chi connectivity index (χ1) is 9.52. The number of aliphatic hydroxyl groups excluding tert-OH is 1. The van der Waals surface area contributed by atoms with E-state index in [1.54, 1.807) is 4.90 Å². The topological polar surface area (TPSA) is 40.5 Å². The third kappa shape index (κ3) is 3.15. The highest BCUT2D eigenvalue weighted by molar-refractivity contribution is 5.77. The van der Waals surface area contributed by atoms with Crippen LogP contribution in [0.5, 0.6) is 0 Å². The number of carbonyl (C=O) groups is 1. The van der Waals surface area contributed by atoms with Crippen LogP contribution in [0, 0.1) is 17.6 Å². The third-order valence-electron chi connectivity index (χ3n) is 4.00. The number of likely N-dealkylation sites (tertiary alicyclic amines) is 1. The molecule has 20 heavy (non-hydrogen) atoms. The van der Waals surface area contributed by atoms with Gasteiger partial charge in [-0.05, 0) is 36.5 Å². The zero-order valence-corrected chi connectivity index (χ0v) is 11.5. The van der Waals surface area contributed by atoms with Crippen LogP contribution in [0.25, 0.3) is 0 Å². The fourth-order valence-corrected chi connectivity index (χ4v) is 2.69. The minimum Gasteiger partial charge on any atom is -0.394 e. The van der Waals surface area contributed by atoms with E-state index in [0.29, 0.717) is 24.4 Å². The molecule has 0 aromatic heterocycles. The summed E-state index contributed by atoms with van der Waals surface area (Å²) in [6.07, 6.45) is 1.51. The predicted molar refractivity (Wildman–Crippen MR) is 71.0 cm³/mol. The molecule has 1 amide bonds. The average Bonchev–Trinajstić information content (AvgIpc) is 2.80. The number of rotatable bonds is 4. The standard InChI is InChI=1S/C15H19F2NO2/c1-10-6-7-18(14(10)9-19)15(20)5-3-11-2-4-12(16)13(17)8-11/h2,4,8,10,14,19H,3,5-7,9H2,1H3. The smallest absolute Gasteiger partial charge is 0.223 e. The van der Waals surface area contributed by atoms with Gasteiger partial charge in [0.15, 0.2) is 11.6 Å². The van der Waals surface area contributed by atoms with Crippen molar-refractivity contribution in [2.24, 2.45) is 5.92 Å². The van der Waals surface area contributed by atoms with Gasteiger partial charge in [0.05, 0.1) is 12.6 Å². The van der Waals surface area contributed by atoms with Crippen LogP contribution in [0.2, 0.25) is 0 Å². The van der Waals surface area contributed by atoms with E-state index in [-0.39, 0.29) is 25.0 Å². The Hall–Kier alpha value is -1.49. The molecule has 110 valence electrons. The molecule has 3 nitrogen and oxygen atoms in total. The number of aryl methyl sites for hydroxylation is 1. The van der Waals surface area contributed by atoms with Gasteiger partial charge >= 0.3 is 0 Å². The Bertz CT molecular complexity index is 493. The molecule has 0 spiro atoms. The van der Waals surface area contributed by atoms with Crippen LogP contribution < -0.4 is 0 Å². The molecular formula is C15H19F2NO2. The largest absolute Gasteiger partial charge is 0.394 e. The molecule has 5 heteroatoms. The van der Waals surface area contributed by atoms with Crippen LogP contribution in [-0.4, -0.2) is 35.1 Å². The van der Waals surface area contributed by atoms with Crippen molar-refractivity contribution in [2.45, 2.75) is 32.2 Å². The van der Waals surface area contributed by atoms with Crippen LogP contribution in [0.1, 0.15) is 25.3 Å². The maximum Gasteiger partial charge on any atom is 0.223 e. The zero-order valence-electron chi connectivity index (χ0n) is 11.5. The molecule has 1 heterocycles. The van der Waals surface area contributed by atoms with Crippen LogP contribution in [-0.2, 0) is 11.2 Å². The summed E-state index contributed by atoms with van der Waals surface area (Å²) >= 11 is 0. The van der Waals surface area contributed by atoms with E-state index < -0.39 is 11.6 Å². The molecule has 2 rings (SSSR count). The highest BCUT2D eigenvalue weighted by Gasteiger charge is 2.33. The number of amides is 1. The van der Waals surface area contributed by atoms with Crippen molar-refractivity contribution >= 4 is 5.91 Å². The summed E-state index contributed by atoms with van der Waals surface area (Å²) in [5.41, 5.74) is 0.602. The molecule has 1 saturated heterocycles. The minimum absolute atomic E-state index is 0.0297. The van der Waals surface area contributed by atoms with Crippen LogP contribution >= 0.6 is 0 Å². The summed E-state index contributed by atoms with van der Waals surface area (Å²) in [6, 6.07) is 3.57. The molecule has 2 atom stereocenters. The lowest BCUT2D eigenvalue weighted by Crippen LogP contribution is -2.39. The molecule has 1 fully saturated rings. The van der Waals surface area contributed by atoms with Crippen LogP contribution in [0.4, 0.5) is 8.78 Å². The summed E-state index contributed by atoms with van der Waals surface area (Å²) in [4.78, 5) is 13.8. The van der Waals surface area contributed by atoms with Gasteiger partial charge in [-0.25, -0.2) is 8.78 Å². The Balaban J connectivity index is 1.93. The van der Waals surface area contributed by atoms with E-state index in [1.165, 1.54) is 6.07 Å². The van der Waals surface area contributed by atoms with Crippen molar-refractivity contribution in [1.82, 2.24) is 4.90 Å². The number of hydrogen-bond acceptors (Lipinski definition) is 2. The second-order valence-corrected chi connectivity index (χ2v) is 5.35. The zero-order chi connectivity index (χ0) is 14.7. The molecule has 1 aromatic rings. The normalized spacial score (nSPS) is 22.3. The maximum absolute atomic E-state index is 13.1. The van der Waals surface area contributed by atoms with Crippen molar-refractivity contribution in [2.75, 3.05) is 13.2 Å². The number of nitrogens with zero attached hydrogens (tertiary/aromatic N) is 1. The first-order valence-corrected chi connectivity index (χ1v) is 6.87. The monoisotopic (exact) mass is 283 g/mol. The summed E-state index contributed by atoms with van der Waals surface area (Å²) in [7, 11) is 0. The molecule has 0 bridgehead atoms. The second-order valence-electron chi connectivity index (χ2n) is 5.35. The Labute approximate surface area is 117 Å². The molecule has 1 aliphatic heterocycles. The van der Waals surface area contributed by atoms with Crippen molar-refractivity contribution in [3.05, 3.63) is 35.4 Å². The summed E-state index contributed by atoms with van der Waals surface area (Å²) < 4.78 is 25.9. The fraction of sp³-hybridized carbons (Fsp3) is 0.533. The summed E-state index contributed by atoms with van der Waals surface area (Å²) in [5, 5.41) is 9.32. The Kier molecular flexibility index (Phi) is 4.70. The molecule has 1 N–H and O–H groups in total. The van der Waals surface area contributed by atoms with E-state index >= 15 is 0 Å². The van der Waals surface area contributed by atoms with E-state index in [4.69, 9.17) is 0 Å². The Morgan fingerprint density at radius 1 is 1.40 bits per heavy atom. The summed E-state index contributed by atoms with van der Waals surface area (Å²) in [5.74, 6) is -1.52. The van der Waals surface area contributed by atoms with Gasteiger partial charge in [-0.15, -0.1) is 0 Å². The number of benzene rings is 1. The van der Waals surface area contributed by atoms with Crippen molar-refractivity contribution < 1.29 is 18.7 Å². The Morgan fingerprint density at radius 3 is 2.80 bits per heavy atom. The van der Waals surface area contributed by atoms with Gasteiger partial charge in [-0.2, -0.15) is 0 Å². The molecule has 0 aliphatic carbocycles. The van der Waals surface area contributed by atoms with Gasteiger partial charge in [0, 0.05) is 13.0 Å². The lowest BCUT2D eigenvalue weighted by molar-refractivity contribution is -0.133. The minimum atomic E-state index is -0.891. The van der Waals surface area contributed by atoms with Gasteiger partial charge in [0.1, 0.15) is 0 Å². The van der Waals surface area contributed by atoms with E-state index in [1.807, 2.05) is 6.92 Å². The number of halogens is 2. The average molecular weight is 283 g/mol. The molecule has 1 aliphatic rings. The third-order valence-corrected chi connectivity index (χ3v) is 4.00. The first kappa shape index (κ1) is 14.9. The van der Waals surface area contributed by atoms with Crippen LogP contribution in [0.3, 0.4) is 0 Å². The number of hydrogen-bond donors (Lipinski definition) is 1. The quantitative estimate of drug-likeness (QED) is 0.919. The first-order valence-electron chi connectivity index (χ1n) is 6.87. The molecule has 0 saturated carbocycles. The lowest BCUT2D eigenvalue weighted by Gasteiger charge is -2.25. The number of aliphatic hydroxyl groups is 1. The van der Waals surface area contributed by atoms with Gasteiger partial charge in [0.25, 0.3) is 0 Å².